The van der Waals surface area contributed by atoms with E-state index in [1.165, 1.54) is 21.9 Å². The Morgan fingerprint density at radius 1 is 1.36 bits per heavy atom. The molecule has 1 amide bonds. The number of nitrogens with zero attached hydrogens (tertiary/aromatic N) is 3. The number of amides is 1. The van der Waals surface area contributed by atoms with E-state index in [2.05, 4.69) is 15.8 Å². The highest BCUT2D eigenvalue weighted by atomic mass is 32.2. The van der Waals surface area contributed by atoms with Crippen LogP contribution in [0.5, 0.6) is 5.75 Å². The van der Waals surface area contributed by atoms with Crippen molar-refractivity contribution in [2.45, 2.75) is 19.4 Å². The van der Waals surface area contributed by atoms with Crippen molar-refractivity contribution in [1.29, 1.82) is 0 Å². The number of sulfonamides is 1. The molecule has 1 aliphatic rings. The minimum absolute atomic E-state index is 0.162. The topological polar surface area (TPSA) is 81.0 Å². The number of aryl methyl sites for hydroxylation is 1. The third kappa shape index (κ3) is 4.79. The van der Waals surface area contributed by atoms with Crippen molar-refractivity contribution in [2.75, 3.05) is 38.5 Å². The smallest absolute Gasteiger partial charge is 0.251 e. The van der Waals surface area contributed by atoms with Crippen LogP contribution in [0.15, 0.2) is 23.2 Å². The van der Waals surface area contributed by atoms with Gasteiger partial charge in [0.2, 0.25) is 10.0 Å². The molecule has 0 saturated carbocycles. The summed E-state index contributed by atoms with van der Waals surface area (Å²) in [6.45, 7) is 1.52. The molecule has 2 heterocycles. The van der Waals surface area contributed by atoms with Gasteiger partial charge in [0.25, 0.3) is 5.91 Å². The highest BCUT2D eigenvalue weighted by Gasteiger charge is 2.29. The van der Waals surface area contributed by atoms with E-state index in [9.17, 15) is 13.2 Å². The van der Waals surface area contributed by atoms with Gasteiger partial charge in [-0.2, -0.15) is 16.8 Å². The number of hydrogen-bond donors (Lipinski definition) is 0. The van der Waals surface area contributed by atoms with Gasteiger partial charge in [0.1, 0.15) is 5.75 Å². The van der Waals surface area contributed by atoms with Crippen LogP contribution in [0, 0.1) is 5.92 Å². The van der Waals surface area contributed by atoms with Gasteiger partial charge in [0.05, 0.1) is 23.6 Å². The summed E-state index contributed by atoms with van der Waals surface area (Å²) in [5.74, 6) is 1.31. The van der Waals surface area contributed by atoms with E-state index in [1.54, 1.807) is 18.9 Å². The van der Waals surface area contributed by atoms with Crippen molar-refractivity contribution in [3.05, 3.63) is 23.0 Å². The first-order chi connectivity index (χ1) is 13.3. The second kappa shape index (κ2) is 8.98. The van der Waals surface area contributed by atoms with E-state index in [1.807, 2.05) is 18.2 Å². The molecule has 0 unspecified atom stereocenters. The molecule has 0 bridgehead atoms. The predicted octanol–water partition coefficient (Wildman–Crippen LogP) is 2.17. The average molecular weight is 444 g/mol. The number of fused-ring (bicyclic) bond motifs is 1. The number of aromatic nitrogens is 1. The van der Waals surface area contributed by atoms with Crippen LogP contribution in [0.3, 0.4) is 0 Å². The van der Waals surface area contributed by atoms with Gasteiger partial charge in [-0.05, 0) is 37.3 Å². The molecule has 154 valence electrons. The number of piperidine rings is 1. The molecule has 10 heteroatoms. The van der Waals surface area contributed by atoms with Gasteiger partial charge in [-0.3, -0.25) is 4.79 Å². The van der Waals surface area contributed by atoms with E-state index in [4.69, 9.17) is 4.74 Å². The Bertz CT molecular complexity index is 1020. The maximum atomic E-state index is 12.8. The maximum Gasteiger partial charge on any atom is 0.251 e. The third-order valence-electron chi connectivity index (χ3n) is 4.89. The first-order valence-electron chi connectivity index (χ1n) is 9.03. The molecule has 1 aromatic carbocycles. The highest BCUT2D eigenvalue weighted by Crippen LogP contribution is 2.24. The molecule has 0 spiro atoms. The van der Waals surface area contributed by atoms with Gasteiger partial charge in [0.15, 0.2) is 4.80 Å². The van der Waals surface area contributed by atoms with E-state index in [0.717, 1.165) is 28.3 Å². The van der Waals surface area contributed by atoms with Crippen molar-refractivity contribution in [2.24, 2.45) is 10.9 Å². The summed E-state index contributed by atoms with van der Waals surface area (Å²) in [4.78, 5) is 17.9. The van der Waals surface area contributed by atoms with Gasteiger partial charge in [-0.1, -0.05) is 11.3 Å². The maximum absolute atomic E-state index is 12.8. The van der Waals surface area contributed by atoms with E-state index in [0.29, 0.717) is 30.7 Å². The van der Waals surface area contributed by atoms with Crippen LogP contribution in [-0.4, -0.2) is 61.7 Å². The second-order valence-electron chi connectivity index (χ2n) is 6.75. The van der Waals surface area contributed by atoms with Crippen LogP contribution in [0.1, 0.15) is 12.8 Å². The lowest BCUT2D eigenvalue weighted by Crippen LogP contribution is -2.39. The zero-order valence-corrected chi connectivity index (χ0v) is 18.7. The lowest BCUT2D eigenvalue weighted by Gasteiger charge is -2.28. The summed E-state index contributed by atoms with van der Waals surface area (Å²) in [5.41, 5.74) is 1.04. The van der Waals surface area contributed by atoms with E-state index >= 15 is 0 Å². The first-order valence-corrected chi connectivity index (χ1v) is 13.1. The number of methoxy groups -OCH3 is 1. The zero-order chi connectivity index (χ0) is 20.3. The largest absolute Gasteiger partial charge is 0.497 e. The number of ether oxygens (including phenoxy) is 1. The monoisotopic (exact) mass is 443 g/mol. The van der Waals surface area contributed by atoms with Crippen LogP contribution >= 0.6 is 23.1 Å². The molecular formula is C18H25N3O4S3. The van der Waals surface area contributed by atoms with Crippen LogP contribution in [0.4, 0.5) is 0 Å². The van der Waals surface area contributed by atoms with Crippen molar-refractivity contribution < 1.29 is 17.9 Å². The highest BCUT2D eigenvalue weighted by molar-refractivity contribution is 7.98. The number of benzene rings is 1. The molecule has 1 aliphatic heterocycles. The SMILES string of the molecule is COc1ccc2c(c1)sc(=NC(=O)C1CCN(S(C)(=O)=O)CC1)n2CCSC. The Hall–Kier alpha value is -1.36. The predicted molar refractivity (Wildman–Crippen MR) is 114 cm³/mol. The Kier molecular flexibility index (Phi) is 6.85. The summed E-state index contributed by atoms with van der Waals surface area (Å²) >= 11 is 3.23. The fourth-order valence-electron chi connectivity index (χ4n) is 3.28. The lowest BCUT2D eigenvalue weighted by atomic mass is 9.98. The van der Waals surface area contributed by atoms with Crippen molar-refractivity contribution in [1.82, 2.24) is 8.87 Å². The van der Waals surface area contributed by atoms with Crippen molar-refractivity contribution in [3.63, 3.8) is 0 Å². The Labute approximate surface area is 173 Å². The molecule has 0 N–H and O–H groups in total. The number of carbonyl (C=O) groups is 1. The average Bonchev–Trinajstić information content (AvgIpc) is 3.01. The van der Waals surface area contributed by atoms with Crippen molar-refractivity contribution in [3.8, 4) is 5.75 Å². The van der Waals surface area contributed by atoms with Crippen LogP contribution in [-0.2, 0) is 21.4 Å². The van der Waals surface area contributed by atoms with Gasteiger partial charge in [0, 0.05) is 31.3 Å². The van der Waals surface area contributed by atoms with Crippen LogP contribution < -0.4 is 9.54 Å². The van der Waals surface area contributed by atoms with Gasteiger partial charge in [-0.25, -0.2) is 12.7 Å². The number of hydrogen-bond acceptors (Lipinski definition) is 6. The molecule has 1 fully saturated rings. The minimum Gasteiger partial charge on any atom is -0.497 e. The lowest BCUT2D eigenvalue weighted by molar-refractivity contribution is -0.122. The Morgan fingerprint density at radius 2 is 2.07 bits per heavy atom. The molecule has 1 saturated heterocycles. The molecule has 3 rings (SSSR count). The van der Waals surface area contributed by atoms with Crippen molar-refractivity contribution >= 4 is 49.2 Å². The summed E-state index contributed by atoms with van der Waals surface area (Å²) < 4.78 is 33.2. The quantitative estimate of drug-likeness (QED) is 0.684. The third-order valence-corrected chi connectivity index (χ3v) is 7.82. The normalized spacial score (nSPS) is 17.3. The standard InChI is InChI=1S/C18H25N3O4S3/c1-25-14-4-5-15-16(12-14)27-18(21(15)10-11-26-2)19-17(22)13-6-8-20(9-7-13)28(3,23)24/h4-5,12-13H,6-11H2,1-3H3. The summed E-state index contributed by atoms with van der Waals surface area (Å²) in [5, 5.41) is 0. The molecule has 7 nitrogen and oxygen atoms in total. The van der Waals surface area contributed by atoms with Crippen LogP contribution in [0.25, 0.3) is 10.2 Å². The molecule has 0 atom stereocenters. The number of thioether (sulfide) groups is 1. The second-order valence-corrected chi connectivity index (χ2v) is 10.7. The van der Waals surface area contributed by atoms with Crippen LogP contribution in [0.2, 0.25) is 0 Å². The molecular weight excluding hydrogens is 418 g/mol. The van der Waals surface area contributed by atoms with E-state index in [-0.39, 0.29) is 11.8 Å². The number of carbonyl (C=O) groups excluding carboxylic acids is 1. The number of rotatable bonds is 6. The minimum atomic E-state index is -3.20. The van der Waals surface area contributed by atoms with Gasteiger partial charge in [-0.15, -0.1) is 0 Å². The zero-order valence-electron chi connectivity index (χ0n) is 16.3. The fraction of sp³-hybridized carbons (Fsp3) is 0.556. The Balaban J connectivity index is 1.88. The molecule has 0 radical (unpaired) electrons. The summed E-state index contributed by atoms with van der Waals surface area (Å²) in [7, 11) is -1.57. The molecule has 2 aromatic rings. The Morgan fingerprint density at radius 3 is 2.68 bits per heavy atom. The molecule has 28 heavy (non-hydrogen) atoms. The first kappa shape index (κ1) is 21.4. The van der Waals surface area contributed by atoms with E-state index < -0.39 is 10.0 Å². The number of thiazole rings is 1. The van der Waals surface area contributed by atoms with Gasteiger partial charge < -0.3 is 9.30 Å². The fourth-order valence-corrected chi connectivity index (χ4v) is 5.61. The summed E-state index contributed by atoms with van der Waals surface area (Å²) in [6, 6.07) is 5.87. The van der Waals surface area contributed by atoms with Gasteiger partial charge >= 0.3 is 0 Å². The molecule has 0 aliphatic carbocycles. The molecule has 1 aromatic heterocycles. The summed E-state index contributed by atoms with van der Waals surface area (Å²) in [6.07, 6.45) is 4.28.